The fourth-order valence-electron chi connectivity index (χ4n) is 2.68. The molecule has 1 aromatic carbocycles. The third-order valence-electron chi connectivity index (χ3n) is 4.52. The average molecular weight is 455 g/mol. The molecule has 0 spiro atoms. The summed E-state index contributed by atoms with van der Waals surface area (Å²) in [5.74, 6) is -2.13. The zero-order valence-electron chi connectivity index (χ0n) is 17.1. The fraction of sp³-hybridized carbons (Fsp3) is 0.316. The Morgan fingerprint density at radius 2 is 1.70 bits per heavy atom. The van der Waals surface area contributed by atoms with Gasteiger partial charge in [0.25, 0.3) is 5.91 Å². The van der Waals surface area contributed by atoms with Gasteiger partial charge in [-0.3, -0.25) is 4.79 Å². The Labute approximate surface area is 178 Å². The van der Waals surface area contributed by atoms with Crippen molar-refractivity contribution >= 4 is 44.2 Å². The summed E-state index contributed by atoms with van der Waals surface area (Å²) in [6.45, 7) is 6.10. The van der Waals surface area contributed by atoms with Gasteiger partial charge in [-0.15, -0.1) is 11.3 Å². The number of benzene rings is 1. The number of nitrogens with one attached hydrogen (secondary N) is 1. The van der Waals surface area contributed by atoms with Crippen LogP contribution in [-0.4, -0.2) is 40.0 Å². The van der Waals surface area contributed by atoms with E-state index in [0.29, 0.717) is 21.7 Å². The lowest BCUT2D eigenvalue weighted by Gasteiger charge is -2.11. The number of sulfonamides is 1. The fourth-order valence-corrected chi connectivity index (χ4v) is 4.62. The predicted octanol–water partition coefficient (Wildman–Crippen LogP) is 2.21. The van der Waals surface area contributed by atoms with Crippen LogP contribution in [0.4, 0.5) is 5.00 Å². The molecule has 0 atom stereocenters. The zero-order valence-corrected chi connectivity index (χ0v) is 18.7. The molecule has 0 radical (unpaired) electrons. The standard InChI is InChI=1S/C19H22N2O7S2/c1-9-6-13(7-14(10(9)2)30(20,25)26)18(23)28-8-15(22)21-17-16(19(24)27-5)11(3)12(4)29-17/h6-7H,8H2,1-5H3,(H,21,22)(H2,20,25,26). The van der Waals surface area contributed by atoms with Crippen LogP contribution in [0.25, 0.3) is 0 Å². The maximum Gasteiger partial charge on any atom is 0.341 e. The Balaban J connectivity index is 2.15. The third-order valence-corrected chi connectivity index (χ3v) is 6.68. The number of thiophene rings is 1. The molecule has 3 N–H and O–H groups in total. The first-order valence-electron chi connectivity index (χ1n) is 8.66. The van der Waals surface area contributed by atoms with Gasteiger partial charge in [0.15, 0.2) is 6.61 Å². The van der Waals surface area contributed by atoms with Gasteiger partial charge in [-0.2, -0.15) is 0 Å². The van der Waals surface area contributed by atoms with Crippen molar-refractivity contribution in [3.63, 3.8) is 0 Å². The number of ether oxygens (including phenoxy) is 2. The van der Waals surface area contributed by atoms with Crippen LogP contribution in [0, 0.1) is 27.7 Å². The highest BCUT2D eigenvalue weighted by Crippen LogP contribution is 2.32. The number of carbonyl (C=O) groups excluding carboxylic acids is 3. The highest BCUT2D eigenvalue weighted by atomic mass is 32.2. The molecule has 30 heavy (non-hydrogen) atoms. The van der Waals surface area contributed by atoms with Gasteiger partial charge in [-0.1, -0.05) is 0 Å². The third kappa shape index (κ3) is 5.04. The summed E-state index contributed by atoms with van der Waals surface area (Å²) in [6.07, 6.45) is 0. The molecule has 1 heterocycles. The number of primary sulfonamides is 1. The summed E-state index contributed by atoms with van der Waals surface area (Å²) >= 11 is 1.20. The molecule has 0 saturated heterocycles. The molecule has 0 saturated carbocycles. The van der Waals surface area contributed by atoms with E-state index in [9.17, 15) is 22.8 Å². The number of hydrogen-bond acceptors (Lipinski definition) is 8. The van der Waals surface area contributed by atoms with E-state index >= 15 is 0 Å². The van der Waals surface area contributed by atoms with Gasteiger partial charge >= 0.3 is 11.9 Å². The number of esters is 2. The Bertz CT molecular complexity index is 1130. The monoisotopic (exact) mass is 454 g/mol. The number of methoxy groups -OCH3 is 1. The van der Waals surface area contributed by atoms with Crippen LogP contribution in [0.5, 0.6) is 0 Å². The Morgan fingerprint density at radius 1 is 1.07 bits per heavy atom. The first-order valence-corrected chi connectivity index (χ1v) is 11.0. The average Bonchev–Trinajstić information content (AvgIpc) is 2.93. The highest BCUT2D eigenvalue weighted by Gasteiger charge is 2.23. The van der Waals surface area contributed by atoms with Crippen molar-refractivity contribution in [1.29, 1.82) is 0 Å². The summed E-state index contributed by atoms with van der Waals surface area (Å²) in [5.41, 5.74) is 1.83. The normalized spacial score (nSPS) is 11.1. The maximum atomic E-state index is 12.3. The number of carbonyl (C=O) groups is 3. The molecule has 2 aromatic rings. The van der Waals surface area contributed by atoms with Crippen LogP contribution < -0.4 is 10.5 Å². The minimum atomic E-state index is -4.03. The van der Waals surface area contributed by atoms with E-state index < -0.39 is 34.5 Å². The molecule has 1 aromatic heterocycles. The molecule has 2 rings (SSSR count). The van der Waals surface area contributed by atoms with Crippen LogP contribution in [0.15, 0.2) is 17.0 Å². The molecule has 0 aliphatic carbocycles. The summed E-state index contributed by atoms with van der Waals surface area (Å²) in [6, 6.07) is 2.56. The van der Waals surface area contributed by atoms with Gasteiger partial charge in [0.2, 0.25) is 10.0 Å². The number of anilines is 1. The molecular formula is C19H22N2O7S2. The van der Waals surface area contributed by atoms with E-state index in [-0.39, 0.29) is 16.0 Å². The lowest BCUT2D eigenvalue weighted by molar-refractivity contribution is -0.119. The second-order valence-electron chi connectivity index (χ2n) is 6.56. The van der Waals surface area contributed by atoms with E-state index in [2.05, 4.69) is 5.32 Å². The number of rotatable bonds is 6. The number of aryl methyl sites for hydroxylation is 2. The van der Waals surface area contributed by atoms with Crippen LogP contribution in [0.1, 0.15) is 42.3 Å². The molecule has 0 bridgehead atoms. The topological polar surface area (TPSA) is 142 Å². The van der Waals surface area contributed by atoms with Crippen molar-refractivity contribution in [2.45, 2.75) is 32.6 Å². The Hall–Kier alpha value is -2.76. The second-order valence-corrected chi connectivity index (χ2v) is 9.32. The number of amides is 1. The second kappa shape index (κ2) is 8.94. The Kier molecular flexibility index (Phi) is 7.01. The van der Waals surface area contributed by atoms with E-state index in [0.717, 1.165) is 10.9 Å². The molecule has 0 fully saturated rings. The highest BCUT2D eigenvalue weighted by molar-refractivity contribution is 7.89. The molecule has 0 aliphatic rings. The van der Waals surface area contributed by atoms with Crippen molar-refractivity contribution in [3.8, 4) is 0 Å². The van der Waals surface area contributed by atoms with Gasteiger partial charge in [-0.25, -0.2) is 23.1 Å². The van der Waals surface area contributed by atoms with Crippen LogP contribution >= 0.6 is 11.3 Å². The molecule has 11 heteroatoms. The minimum absolute atomic E-state index is 0.0482. The summed E-state index contributed by atoms with van der Waals surface area (Å²) < 4.78 is 33.2. The van der Waals surface area contributed by atoms with E-state index in [1.54, 1.807) is 27.7 Å². The molecule has 0 aliphatic heterocycles. The van der Waals surface area contributed by atoms with Gasteiger partial charge in [0.1, 0.15) is 5.00 Å². The molecule has 0 unspecified atom stereocenters. The lowest BCUT2D eigenvalue weighted by Crippen LogP contribution is -2.22. The van der Waals surface area contributed by atoms with Crippen molar-refractivity contribution in [2.24, 2.45) is 5.14 Å². The van der Waals surface area contributed by atoms with Crippen molar-refractivity contribution < 1.29 is 32.3 Å². The van der Waals surface area contributed by atoms with E-state index in [1.807, 2.05) is 0 Å². The van der Waals surface area contributed by atoms with Gasteiger partial charge in [0.05, 0.1) is 23.1 Å². The van der Waals surface area contributed by atoms with E-state index in [1.165, 1.54) is 24.5 Å². The molecule has 9 nitrogen and oxygen atoms in total. The summed E-state index contributed by atoms with van der Waals surface area (Å²) in [4.78, 5) is 37.1. The van der Waals surface area contributed by atoms with Crippen LogP contribution in [0.2, 0.25) is 0 Å². The van der Waals surface area contributed by atoms with Crippen LogP contribution in [-0.2, 0) is 24.3 Å². The maximum absolute atomic E-state index is 12.3. The molecular weight excluding hydrogens is 432 g/mol. The molecule has 1 amide bonds. The smallest absolute Gasteiger partial charge is 0.341 e. The number of nitrogens with two attached hydrogens (primary N) is 1. The van der Waals surface area contributed by atoms with Crippen LogP contribution in [0.3, 0.4) is 0 Å². The van der Waals surface area contributed by atoms with Gasteiger partial charge < -0.3 is 14.8 Å². The SMILES string of the molecule is COC(=O)c1c(NC(=O)COC(=O)c2cc(C)c(C)c(S(N)(=O)=O)c2)sc(C)c1C. The van der Waals surface area contributed by atoms with Gasteiger partial charge in [-0.05, 0) is 56.5 Å². The number of hydrogen-bond donors (Lipinski definition) is 2. The largest absolute Gasteiger partial charge is 0.465 e. The Morgan fingerprint density at radius 3 is 2.27 bits per heavy atom. The zero-order chi connectivity index (χ0) is 22.8. The molecule has 162 valence electrons. The quantitative estimate of drug-likeness (QED) is 0.637. The predicted molar refractivity (Wildman–Crippen MR) is 111 cm³/mol. The van der Waals surface area contributed by atoms with Gasteiger partial charge in [0, 0.05) is 4.88 Å². The van der Waals surface area contributed by atoms with Crippen molar-refractivity contribution in [1.82, 2.24) is 0 Å². The first kappa shape index (κ1) is 23.5. The van der Waals surface area contributed by atoms with E-state index in [4.69, 9.17) is 14.6 Å². The minimum Gasteiger partial charge on any atom is -0.465 e. The van der Waals surface area contributed by atoms with Crippen molar-refractivity contribution in [3.05, 3.63) is 44.8 Å². The summed E-state index contributed by atoms with van der Waals surface area (Å²) in [7, 11) is -2.79. The first-order chi connectivity index (χ1) is 13.9. The lowest BCUT2D eigenvalue weighted by atomic mass is 10.1. The van der Waals surface area contributed by atoms with Crippen molar-refractivity contribution in [2.75, 3.05) is 19.0 Å². The summed E-state index contributed by atoms with van der Waals surface area (Å²) in [5, 5.41) is 8.02.